The van der Waals surface area contributed by atoms with E-state index in [1.807, 2.05) is 6.20 Å². The van der Waals surface area contributed by atoms with Crippen LogP contribution < -0.4 is 5.73 Å². The first-order valence-corrected chi connectivity index (χ1v) is 7.58. The van der Waals surface area contributed by atoms with E-state index in [-0.39, 0.29) is 0 Å². The summed E-state index contributed by atoms with van der Waals surface area (Å²) in [5.41, 5.74) is 9.26. The van der Waals surface area contributed by atoms with Gasteiger partial charge in [0.1, 0.15) is 0 Å². The van der Waals surface area contributed by atoms with E-state index >= 15 is 0 Å². The molecule has 19 heavy (non-hydrogen) atoms. The average Bonchev–Trinajstić information content (AvgIpc) is 3.05. The Kier molecular flexibility index (Phi) is 2.44. The second-order valence-electron chi connectivity index (χ2n) is 5.75. The molecule has 98 valence electrons. The first-order chi connectivity index (χ1) is 9.25. The fourth-order valence-electron chi connectivity index (χ4n) is 3.29. The molecule has 0 atom stereocenters. The third kappa shape index (κ3) is 1.95. The van der Waals surface area contributed by atoms with Gasteiger partial charge < -0.3 is 5.73 Å². The number of nitrogen functional groups attached to an aromatic ring is 1. The van der Waals surface area contributed by atoms with Crippen molar-refractivity contribution in [2.45, 2.75) is 31.3 Å². The van der Waals surface area contributed by atoms with Crippen molar-refractivity contribution in [3.8, 4) is 0 Å². The number of rotatable bonds is 2. The molecule has 0 amide bonds. The van der Waals surface area contributed by atoms with Crippen molar-refractivity contribution in [2.75, 3.05) is 12.3 Å². The van der Waals surface area contributed by atoms with E-state index in [1.165, 1.54) is 29.8 Å². The standard InChI is InChI=1S/C15H17N3S/c16-14-17-7-12(19-14)9-18-8-11-3-1-2-4-13(11)15(10-18)5-6-15/h1-4,7H,5-6,8-10H2,(H2,16,17). The molecule has 1 aromatic carbocycles. The van der Waals surface area contributed by atoms with Crippen molar-refractivity contribution in [3.63, 3.8) is 0 Å². The number of nitrogens with zero attached hydrogens (tertiary/aromatic N) is 2. The number of hydrogen-bond donors (Lipinski definition) is 1. The first kappa shape index (κ1) is 11.4. The van der Waals surface area contributed by atoms with Crippen LogP contribution >= 0.6 is 11.3 Å². The summed E-state index contributed by atoms with van der Waals surface area (Å²) in [5, 5.41) is 0.675. The molecule has 1 aromatic heterocycles. The van der Waals surface area contributed by atoms with E-state index in [0.717, 1.165) is 13.1 Å². The van der Waals surface area contributed by atoms with Crippen molar-refractivity contribution < 1.29 is 0 Å². The highest BCUT2D eigenvalue weighted by Gasteiger charge is 2.48. The lowest BCUT2D eigenvalue weighted by molar-refractivity contribution is 0.215. The number of nitrogens with two attached hydrogens (primary N) is 1. The van der Waals surface area contributed by atoms with E-state index < -0.39 is 0 Å². The second kappa shape index (κ2) is 4.05. The smallest absolute Gasteiger partial charge is 0.180 e. The maximum atomic E-state index is 5.71. The van der Waals surface area contributed by atoms with Gasteiger partial charge in [0.05, 0.1) is 0 Å². The number of fused-ring (bicyclic) bond motifs is 2. The molecule has 1 spiro atoms. The lowest BCUT2D eigenvalue weighted by atomic mass is 9.87. The van der Waals surface area contributed by atoms with Crippen LogP contribution in [0.25, 0.3) is 0 Å². The molecular weight excluding hydrogens is 254 g/mol. The second-order valence-corrected chi connectivity index (χ2v) is 6.89. The van der Waals surface area contributed by atoms with Crippen LogP contribution in [0.15, 0.2) is 30.5 Å². The van der Waals surface area contributed by atoms with Gasteiger partial charge in [-0.05, 0) is 24.0 Å². The SMILES string of the molecule is Nc1ncc(CN2Cc3ccccc3C3(CC3)C2)s1. The van der Waals surface area contributed by atoms with Crippen molar-refractivity contribution in [2.24, 2.45) is 0 Å². The van der Waals surface area contributed by atoms with Gasteiger partial charge in [0.15, 0.2) is 5.13 Å². The minimum Gasteiger partial charge on any atom is -0.375 e. The van der Waals surface area contributed by atoms with Gasteiger partial charge in [-0.1, -0.05) is 24.3 Å². The third-order valence-electron chi connectivity index (χ3n) is 4.31. The molecule has 2 aromatic rings. The molecule has 0 bridgehead atoms. The molecule has 1 saturated carbocycles. The molecule has 1 aliphatic heterocycles. The quantitative estimate of drug-likeness (QED) is 0.913. The summed E-state index contributed by atoms with van der Waals surface area (Å²) >= 11 is 1.61. The highest BCUT2D eigenvalue weighted by molar-refractivity contribution is 7.15. The lowest BCUT2D eigenvalue weighted by Gasteiger charge is -2.34. The fraction of sp³-hybridized carbons (Fsp3) is 0.400. The minimum atomic E-state index is 0.449. The zero-order chi connectivity index (χ0) is 12.9. The molecule has 4 rings (SSSR count). The predicted molar refractivity (Wildman–Crippen MR) is 78.0 cm³/mol. The van der Waals surface area contributed by atoms with Gasteiger partial charge in [-0.3, -0.25) is 4.90 Å². The van der Waals surface area contributed by atoms with Crippen LogP contribution in [0.2, 0.25) is 0 Å². The van der Waals surface area contributed by atoms with E-state index in [0.29, 0.717) is 10.5 Å². The van der Waals surface area contributed by atoms with Gasteiger partial charge in [0.25, 0.3) is 0 Å². The Morgan fingerprint density at radius 2 is 2.16 bits per heavy atom. The first-order valence-electron chi connectivity index (χ1n) is 6.76. The number of benzene rings is 1. The number of hydrogen-bond acceptors (Lipinski definition) is 4. The molecule has 2 heterocycles. The summed E-state index contributed by atoms with van der Waals surface area (Å²) < 4.78 is 0. The summed E-state index contributed by atoms with van der Waals surface area (Å²) in [7, 11) is 0. The zero-order valence-corrected chi connectivity index (χ0v) is 11.6. The van der Waals surface area contributed by atoms with Gasteiger partial charge in [-0.25, -0.2) is 4.98 Å². The van der Waals surface area contributed by atoms with Gasteiger partial charge in [-0.2, -0.15) is 0 Å². The molecule has 0 saturated heterocycles. The van der Waals surface area contributed by atoms with Crippen molar-refractivity contribution in [3.05, 3.63) is 46.5 Å². The largest absolute Gasteiger partial charge is 0.375 e. The summed E-state index contributed by atoms with van der Waals surface area (Å²) in [6.45, 7) is 3.21. The Balaban J connectivity index is 1.61. The fourth-order valence-corrected chi connectivity index (χ4v) is 4.02. The highest BCUT2D eigenvalue weighted by atomic mass is 32.1. The van der Waals surface area contributed by atoms with E-state index in [4.69, 9.17) is 5.73 Å². The number of anilines is 1. The van der Waals surface area contributed by atoms with Crippen LogP contribution in [0.3, 0.4) is 0 Å². The summed E-state index contributed by atoms with van der Waals surface area (Å²) in [4.78, 5) is 7.96. The van der Waals surface area contributed by atoms with Gasteiger partial charge in [0, 0.05) is 36.1 Å². The summed E-state index contributed by atoms with van der Waals surface area (Å²) in [6.07, 6.45) is 4.59. The molecule has 1 fully saturated rings. The lowest BCUT2D eigenvalue weighted by Crippen LogP contribution is -2.37. The minimum absolute atomic E-state index is 0.449. The third-order valence-corrected chi connectivity index (χ3v) is 5.12. The normalized spacial score (nSPS) is 20.4. The predicted octanol–water partition coefficient (Wildman–Crippen LogP) is 2.77. The Bertz CT molecular complexity index is 615. The van der Waals surface area contributed by atoms with Crippen LogP contribution in [0.1, 0.15) is 28.8 Å². The average molecular weight is 271 g/mol. The van der Waals surface area contributed by atoms with Crippen LogP contribution in [-0.2, 0) is 18.5 Å². The van der Waals surface area contributed by atoms with Crippen LogP contribution in [0.5, 0.6) is 0 Å². The summed E-state index contributed by atoms with van der Waals surface area (Å²) in [5.74, 6) is 0. The molecular formula is C15H17N3S. The zero-order valence-electron chi connectivity index (χ0n) is 10.8. The molecule has 1 aliphatic carbocycles. The molecule has 2 N–H and O–H groups in total. The Morgan fingerprint density at radius 1 is 1.32 bits per heavy atom. The van der Waals surface area contributed by atoms with Crippen LogP contribution in [-0.4, -0.2) is 16.4 Å². The molecule has 0 unspecified atom stereocenters. The number of aromatic nitrogens is 1. The summed E-state index contributed by atoms with van der Waals surface area (Å²) in [6, 6.07) is 8.94. The van der Waals surface area contributed by atoms with Crippen LogP contribution in [0, 0.1) is 0 Å². The van der Waals surface area contributed by atoms with Gasteiger partial charge in [-0.15, -0.1) is 11.3 Å². The van der Waals surface area contributed by atoms with Gasteiger partial charge in [0.2, 0.25) is 0 Å². The topological polar surface area (TPSA) is 42.1 Å². The van der Waals surface area contributed by atoms with Crippen LogP contribution in [0.4, 0.5) is 5.13 Å². The maximum Gasteiger partial charge on any atom is 0.180 e. The Hall–Kier alpha value is -1.39. The highest BCUT2D eigenvalue weighted by Crippen LogP contribution is 2.52. The monoisotopic (exact) mass is 271 g/mol. The van der Waals surface area contributed by atoms with Crippen molar-refractivity contribution in [1.29, 1.82) is 0 Å². The molecule has 0 radical (unpaired) electrons. The maximum absolute atomic E-state index is 5.71. The van der Waals surface area contributed by atoms with Crippen molar-refractivity contribution >= 4 is 16.5 Å². The molecule has 2 aliphatic rings. The van der Waals surface area contributed by atoms with E-state index in [1.54, 1.807) is 16.9 Å². The molecule has 3 nitrogen and oxygen atoms in total. The van der Waals surface area contributed by atoms with Gasteiger partial charge >= 0.3 is 0 Å². The van der Waals surface area contributed by atoms with Crippen molar-refractivity contribution in [1.82, 2.24) is 9.88 Å². The number of thiazole rings is 1. The van der Waals surface area contributed by atoms with E-state index in [2.05, 4.69) is 34.1 Å². The van der Waals surface area contributed by atoms with E-state index in [9.17, 15) is 0 Å². The molecule has 4 heteroatoms. The Labute approximate surface area is 117 Å². The Morgan fingerprint density at radius 3 is 2.89 bits per heavy atom.